The van der Waals surface area contributed by atoms with Gasteiger partial charge in [-0.1, -0.05) is 13.0 Å². The molecule has 0 radical (unpaired) electrons. The summed E-state index contributed by atoms with van der Waals surface area (Å²) in [5.41, 5.74) is 6.17. The van der Waals surface area contributed by atoms with Crippen molar-refractivity contribution in [3.8, 4) is 5.75 Å². The van der Waals surface area contributed by atoms with Crippen molar-refractivity contribution in [2.24, 2.45) is 11.7 Å². The first-order valence-corrected chi connectivity index (χ1v) is 12.2. The van der Waals surface area contributed by atoms with Gasteiger partial charge in [-0.25, -0.2) is 4.39 Å². The van der Waals surface area contributed by atoms with E-state index in [1.54, 1.807) is 12.1 Å². The summed E-state index contributed by atoms with van der Waals surface area (Å²) in [5.74, 6) is -2.22. The highest BCUT2D eigenvalue weighted by Gasteiger charge is 2.35. The molecule has 1 aromatic heterocycles. The van der Waals surface area contributed by atoms with Crippen LogP contribution in [-0.4, -0.2) is 62.4 Å². The molecule has 1 aromatic carbocycles. The fourth-order valence-electron chi connectivity index (χ4n) is 3.65. The second-order valence-corrected chi connectivity index (χ2v) is 8.62. The van der Waals surface area contributed by atoms with Crippen molar-refractivity contribution in [2.45, 2.75) is 45.3 Å². The lowest BCUT2D eigenvalue weighted by atomic mass is 10.0. The Morgan fingerprint density at radius 1 is 1.19 bits per heavy atom. The van der Waals surface area contributed by atoms with Gasteiger partial charge in [0.1, 0.15) is 11.8 Å². The maximum atomic E-state index is 12.5. The van der Waals surface area contributed by atoms with E-state index in [4.69, 9.17) is 15.2 Å². The second kappa shape index (κ2) is 15.9. The molecule has 3 unspecified atom stereocenters. The van der Waals surface area contributed by atoms with Gasteiger partial charge in [-0.15, -0.1) is 0 Å². The summed E-state index contributed by atoms with van der Waals surface area (Å²) in [6, 6.07) is 7.00. The average Bonchev–Trinajstić information content (AvgIpc) is 3.23. The Labute approximate surface area is 216 Å². The molecule has 2 aromatic rings. The first-order chi connectivity index (χ1) is 17.8. The highest BCUT2D eigenvalue weighted by atomic mass is 19.2. The number of nitrogens with zero attached hydrogens (tertiary/aromatic N) is 1. The monoisotopic (exact) mass is 522 g/mol. The van der Waals surface area contributed by atoms with Crippen LogP contribution >= 0.6 is 0 Å². The van der Waals surface area contributed by atoms with Crippen molar-refractivity contribution >= 4 is 17.5 Å². The number of pyridine rings is 1. The lowest BCUT2D eigenvalue weighted by Gasteiger charge is -2.15. The largest absolute Gasteiger partial charge is 0.494 e. The van der Waals surface area contributed by atoms with E-state index in [1.807, 2.05) is 13.8 Å². The number of amides is 2. The zero-order chi connectivity index (χ0) is 27.2. The number of anilines is 1. The van der Waals surface area contributed by atoms with Crippen LogP contribution in [0.2, 0.25) is 0 Å². The Hall–Kier alpha value is -3.15. The molecule has 1 aliphatic rings. The van der Waals surface area contributed by atoms with Gasteiger partial charge >= 0.3 is 0 Å². The normalized spacial score (nSPS) is 18.5. The zero-order valence-corrected chi connectivity index (χ0v) is 21.5. The van der Waals surface area contributed by atoms with Crippen molar-refractivity contribution in [2.75, 3.05) is 38.7 Å². The fourth-order valence-corrected chi connectivity index (χ4v) is 3.65. The summed E-state index contributed by atoms with van der Waals surface area (Å²) in [5, 5.41) is 5.61. The summed E-state index contributed by atoms with van der Waals surface area (Å²) in [7, 11) is 1.29. The number of carbonyl (C=O) groups is 2. The van der Waals surface area contributed by atoms with Crippen LogP contribution in [0.4, 0.5) is 14.5 Å². The average molecular weight is 523 g/mol. The van der Waals surface area contributed by atoms with Crippen molar-refractivity contribution in [1.29, 1.82) is 0 Å². The number of nitrogens with two attached hydrogens (primary N) is 1. The SMILES string of the molecule is CC1CC(C)C(C(=O)Nc2ccnc(C(=O)NCCCOCCCN)c2)O1.COc1cccc(F)c1F. The minimum atomic E-state index is -0.940. The predicted octanol–water partition coefficient (Wildman–Crippen LogP) is 3.29. The van der Waals surface area contributed by atoms with E-state index >= 15 is 0 Å². The van der Waals surface area contributed by atoms with Gasteiger partial charge in [-0.2, -0.15) is 4.39 Å². The van der Waals surface area contributed by atoms with Crippen LogP contribution < -0.4 is 21.1 Å². The van der Waals surface area contributed by atoms with Crippen LogP contribution in [0.15, 0.2) is 36.5 Å². The smallest absolute Gasteiger partial charge is 0.269 e. The van der Waals surface area contributed by atoms with E-state index < -0.39 is 17.7 Å². The topological polar surface area (TPSA) is 125 Å². The molecule has 0 aliphatic carbocycles. The molecule has 3 rings (SSSR count). The van der Waals surface area contributed by atoms with Crippen LogP contribution in [0.5, 0.6) is 5.75 Å². The number of hydrogen-bond donors (Lipinski definition) is 3. The Morgan fingerprint density at radius 3 is 2.59 bits per heavy atom. The molecule has 2 amide bonds. The maximum Gasteiger partial charge on any atom is 0.269 e. The predicted molar refractivity (Wildman–Crippen MR) is 135 cm³/mol. The number of ether oxygens (including phenoxy) is 3. The number of aromatic nitrogens is 1. The number of rotatable bonds is 11. The van der Waals surface area contributed by atoms with Crippen LogP contribution in [0, 0.1) is 17.6 Å². The molecule has 0 bridgehead atoms. The highest BCUT2D eigenvalue weighted by molar-refractivity contribution is 5.97. The van der Waals surface area contributed by atoms with Gasteiger partial charge in [-0.05, 0) is 62.9 Å². The van der Waals surface area contributed by atoms with Crippen molar-refractivity contribution in [3.05, 3.63) is 53.9 Å². The summed E-state index contributed by atoms with van der Waals surface area (Å²) in [6.07, 6.45) is 3.51. The first kappa shape index (κ1) is 30.1. The minimum absolute atomic E-state index is 0.0694. The fraction of sp³-hybridized carbons (Fsp3) is 0.500. The van der Waals surface area contributed by atoms with E-state index in [0.29, 0.717) is 38.4 Å². The number of nitrogens with one attached hydrogen (secondary N) is 2. The third-order valence-corrected chi connectivity index (χ3v) is 5.50. The molecule has 37 heavy (non-hydrogen) atoms. The van der Waals surface area contributed by atoms with Crippen LogP contribution in [0.3, 0.4) is 0 Å². The summed E-state index contributed by atoms with van der Waals surface area (Å²) < 4.78 is 40.4. The quantitative estimate of drug-likeness (QED) is 0.387. The Kier molecular flexibility index (Phi) is 12.9. The van der Waals surface area contributed by atoms with E-state index in [9.17, 15) is 18.4 Å². The Bertz CT molecular complexity index is 1010. The van der Waals surface area contributed by atoms with E-state index in [-0.39, 0.29) is 35.3 Å². The molecule has 204 valence electrons. The van der Waals surface area contributed by atoms with Crippen molar-refractivity contribution < 1.29 is 32.6 Å². The van der Waals surface area contributed by atoms with Crippen molar-refractivity contribution in [3.63, 3.8) is 0 Å². The van der Waals surface area contributed by atoms with Gasteiger partial charge in [0.2, 0.25) is 5.82 Å². The molecule has 1 saturated heterocycles. The number of hydrogen-bond acceptors (Lipinski definition) is 7. The number of benzene rings is 1. The third-order valence-electron chi connectivity index (χ3n) is 5.50. The molecule has 4 N–H and O–H groups in total. The zero-order valence-electron chi connectivity index (χ0n) is 21.5. The molecule has 1 aliphatic heterocycles. The van der Waals surface area contributed by atoms with Crippen LogP contribution in [0.25, 0.3) is 0 Å². The first-order valence-electron chi connectivity index (χ1n) is 12.2. The lowest BCUT2D eigenvalue weighted by Crippen LogP contribution is -2.32. The van der Waals surface area contributed by atoms with Gasteiger partial charge in [-0.3, -0.25) is 14.6 Å². The molecule has 9 nitrogen and oxygen atoms in total. The summed E-state index contributed by atoms with van der Waals surface area (Å²) >= 11 is 0. The molecule has 0 spiro atoms. The molecule has 0 saturated carbocycles. The number of methoxy groups -OCH3 is 1. The molecule has 2 heterocycles. The Balaban J connectivity index is 0.000000402. The molecule has 11 heteroatoms. The maximum absolute atomic E-state index is 12.5. The standard InChI is InChI=1S/C19H30N4O4.C7H6F2O/c1-13-11-14(2)27-17(13)19(25)23-15-5-8-21-16(12-15)18(24)22-7-4-10-26-9-3-6-20;1-10-6-4-2-3-5(8)7(6)9/h5,8,12-14,17H,3-4,6-7,9-11,20H2,1-2H3,(H,22,24)(H,21,23,25);2-4H,1H3. The van der Waals surface area contributed by atoms with Crippen molar-refractivity contribution in [1.82, 2.24) is 10.3 Å². The molecular weight excluding hydrogens is 486 g/mol. The lowest BCUT2D eigenvalue weighted by molar-refractivity contribution is -0.127. The highest BCUT2D eigenvalue weighted by Crippen LogP contribution is 2.26. The van der Waals surface area contributed by atoms with Crippen LogP contribution in [0.1, 0.15) is 43.6 Å². The molecule has 1 fully saturated rings. The van der Waals surface area contributed by atoms with Gasteiger partial charge in [0.15, 0.2) is 11.6 Å². The number of halogens is 2. The van der Waals surface area contributed by atoms with Gasteiger partial charge < -0.3 is 30.6 Å². The second-order valence-electron chi connectivity index (χ2n) is 8.62. The van der Waals surface area contributed by atoms with Gasteiger partial charge in [0, 0.05) is 31.6 Å². The summed E-state index contributed by atoms with van der Waals surface area (Å²) in [4.78, 5) is 28.7. The van der Waals surface area contributed by atoms with Gasteiger partial charge in [0.05, 0.1) is 13.2 Å². The molecule has 3 atom stereocenters. The van der Waals surface area contributed by atoms with Crippen LogP contribution in [-0.2, 0) is 14.3 Å². The van der Waals surface area contributed by atoms with E-state index in [1.165, 1.54) is 25.4 Å². The Morgan fingerprint density at radius 2 is 1.95 bits per heavy atom. The number of carbonyl (C=O) groups excluding carboxylic acids is 2. The third kappa shape index (κ3) is 10.0. The van der Waals surface area contributed by atoms with Gasteiger partial charge in [0.25, 0.3) is 11.8 Å². The summed E-state index contributed by atoms with van der Waals surface area (Å²) in [6.45, 7) is 6.27. The van der Waals surface area contributed by atoms with E-state index in [0.717, 1.165) is 18.9 Å². The minimum Gasteiger partial charge on any atom is -0.494 e. The van der Waals surface area contributed by atoms with E-state index in [2.05, 4.69) is 20.4 Å². The molecular formula is C26H36F2N4O5.